The van der Waals surface area contributed by atoms with Crippen LogP contribution in [0.25, 0.3) is 0 Å². The Morgan fingerprint density at radius 3 is 2.88 bits per heavy atom. The second kappa shape index (κ2) is 8.76. The molecule has 2 rings (SSSR count). The van der Waals surface area contributed by atoms with Crippen LogP contribution >= 0.6 is 38.5 Å². The molecule has 8 nitrogen and oxygen atoms in total. The Hall–Kier alpha value is -2.21. The molecule has 0 saturated carbocycles. The molecule has 10 heteroatoms. The lowest BCUT2D eigenvalue weighted by Crippen LogP contribution is -2.24. The molecule has 0 saturated heterocycles. The average molecular weight is 520 g/mol. The molecule has 0 spiro atoms. The molecule has 130 valence electrons. The number of nitro benzene ring substituents is 1. The molecule has 0 fully saturated rings. The van der Waals surface area contributed by atoms with Crippen molar-refractivity contribution in [3.05, 3.63) is 60.1 Å². The minimum absolute atomic E-state index is 0.0254. The lowest BCUT2D eigenvalue weighted by atomic mass is 10.2. The highest BCUT2D eigenvalue weighted by Gasteiger charge is 2.16. The number of carbonyl (C=O) groups is 1. The maximum absolute atomic E-state index is 11.7. The first-order chi connectivity index (χ1) is 11.9. The third-order valence-corrected chi connectivity index (χ3v) is 4.02. The van der Waals surface area contributed by atoms with Crippen LogP contribution in [0.3, 0.4) is 0 Å². The van der Waals surface area contributed by atoms with E-state index in [4.69, 9.17) is 4.74 Å². The van der Waals surface area contributed by atoms with Gasteiger partial charge in [-0.1, -0.05) is 15.9 Å². The van der Waals surface area contributed by atoms with E-state index in [0.717, 1.165) is 3.57 Å². The summed E-state index contributed by atoms with van der Waals surface area (Å²) in [6.07, 6.45) is 1.29. The Morgan fingerprint density at radius 2 is 2.16 bits per heavy atom. The highest BCUT2D eigenvalue weighted by atomic mass is 127. The summed E-state index contributed by atoms with van der Waals surface area (Å²) in [5, 5.41) is 24.3. The summed E-state index contributed by atoms with van der Waals surface area (Å²) < 4.78 is 6.58. The fourth-order valence-corrected chi connectivity index (χ4v) is 2.60. The zero-order valence-electron chi connectivity index (χ0n) is 12.5. The molecule has 0 aliphatic carbocycles. The second-order valence-corrected chi connectivity index (χ2v) is 6.82. The van der Waals surface area contributed by atoms with Gasteiger partial charge in [0.1, 0.15) is 5.75 Å². The number of carbonyl (C=O) groups excluding carboxylic acids is 1. The molecule has 0 radical (unpaired) electrons. The summed E-state index contributed by atoms with van der Waals surface area (Å²) in [7, 11) is 0. The molecule has 0 bridgehead atoms. The predicted molar refractivity (Wildman–Crippen MR) is 103 cm³/mol. The third-order valence-electron chi connectivity index (χ3n) is 2.86. The molecule has 25 heavy (non-hydrogen) atoms. The van der Waals surface area contributed by atoms with Gasteiger partial charge in [-0.3, -0.25) is 14.9 Å². The van der Waals surface area contributed by atoms with Gasteiger partial charge in [0, 0.05) is 19.7 Å². The van der Waals surface area contributed by atoms with Crippen molar-refractivity contribution in [2.24, 2.45) is 5.10 Å². The number of hydrogen-bond acceptors (Lipinski definition) is 6. The lowest BCUT2D eigenvalue weighted by Gasteiger charge is -2.06. The second-order valence-electron chi connectivity index (χ2n) is 4.65. The van der Waals surface area contributed by atoms with E-state index >= 15 is 0 Å². The van der Waals surface area contributed by atoms with Crippen molar-refractivity contribution in [2.75, 3.05) is 6.61 Å². The van der Waals surface area contributed by atoms with E-state index in [9.17, 15) is 20.0 Å². The number of hydrogen-bond donors (Lipinski definition) is 2. The minimum atomic E-state index is -0.601. The first-order valence-corrected chi connectivity index (χ1v) is 8.61. The molecule has 1 amide bonds. The van der Waals surface area contributed by atoms with Gasteiger partial charge in [-0.05, 0) is 52.9 Å². The zero-order chi connectivity index (χ0) is 18.4. The molecular formula is C15H11BrIN3O5. The zero-order valence-corrected chi connectivity index (χ0v) is 16.2. The Labute approximate surface area is 164 Å². The maximum atomic E-state index is 11.7. The van der Waals surface area contributed by atoms with Crippen molar-refractivity contribution in [2.45, 2.75) is 0 Å². The van der Waals surface area contributed by atoms with Gasteiger partial charge >= 0.3 is 5.69 Å². The van der Waals surface area contributed by atoms with Crippen molar-refractivity contribution in [3.63, 3.8) is 0 Å². The number of ether oxygens (including phenoxy) is 1. The molecular weight excluding hydrogens is 509 g/mol. The van der Waals surface area contributed by atoms with Crippen molar-refractivity contribution in [3.8, 4) is 11.5 Å². The Balaban J connectivity index is 1.94. The molecule has 0 aliphatic heterocycles. The van der Waals surface area contributed by atoms with E-state index in [0.29, 0.717) is 10.0 Å². The van der Waals surface area contributed by atoms with Gasteiger partial charge in [0.25, 0.3) is 5.91 Å². The quantitative estimate of drug-likeness (QED) is 0.263. The van der Waals surface area contributed by atoms with Crippen molar-refractivity contribution in [1.82, 2.24) is 5.43 Å². The number of amides is 1. The van der Waals surface area contributed by atoms with Crippen molar-refractivity contribution in [1.29, 1.82) is 0 Å². The van der Waals surface area contributed by atoms with E-state index < -0.39 is 17.4 Å². The third kappa shape index (κ3) is 5.67. The fraction of sp³-hybridized carbons (Fsp3) is 0.0667. The van der Waals surface area contributed by atoms with E-state index in [-0.39, 0.29) is 17.2 Å². The van der Waals surface area contributed by atoms with Crippen LogP contribution in [0.15, 0.2) is 46.0 Å². The number of aromatic hydroxyl groups is 1. The number of phenolic OH excluding ortho intramolecular Hbond substituents is 1. The van der Waals surface area contributed by atoms with E-state index in [1.807, 2.05) is 0 Å². The first kappa shape index (κ1) is 19.1. The van der Waals surface area contributed by atoms with E-state index in [2.05, 4.69) is 49.0 Å². The molecule has 2 aromatic rings. The predicted octanol–water partition coefficient (Wildman–Crippen LogP) is 3.20. The van der Waals surface area contributed by atoms with Crippen LogP contribution in [-0.2, 0) is 4.79 Å². The number of hydrazone groups is 1. The number of halogens is 2. The molecule has 0 aromatic heterocycles. The normalized spacial score (nSPS) is 10.6. The number of nitrogens with one attached hydrogen (secondary N) is 1. The summed E-state index contributed by atoms with van der Waals surface area (Å²) in [6.45, 7) is -0.446. The topological polar surface area (TPSA) is 114 Å². The molecule has 2 aromatic carbocycles. The Bertz CT molecular complexity index is 844. The van der Waals surface area contributed by atoms with Gasteiger partial charge in [0.15, 0.2) is 12.4 Å². The summed E-state index contributed by atoms with van der Waals surface area (Å²) >= 11 is 5.21. The largest absolute Gasteiger partial charge is 0.507 e. The van der Waals surface area contributed by atoms with Crippen molar-refractivity contribution >= 4 is 56.3 Å². The smallest absolute Gasteiger partial charge is 0.312 e. The molecule has 0 unspecified atom stereocenters. The Morgan fingerprint density at radius 1 is 1.40 bits per heavy atom. The van der Waals surface area contributed by atoms with Gasteiger partial charge < -0.3 is 9.84 Å². The number of benzene rings is 2. The van der Waals surface area contributed by atoms with Crippen LogP contribution in [-0.4, -0.2) is 28.8 Å². The Kier molecular flexibility index (Phi) is 6.70. The number of phenols is 1. The SMILES string of the molecule is O=C(COc1ccc(Br)cc1[N+](=O)[O-])NN=Cc1cc(I)ccc1O. The van der Waals surface area contributed by atoms with E-state index in [1.54, 1.807) is 18.2 Å². The number of nitrogens with zero attached hydrogens (tertiary/aromatic N) is 2. The summed E-state index contributed by atoms with van der Waals surface area (Å²) in [4.78, 5) is 22.1. The van der Waals surface area contributed by atoms with Crippen molar-refractivity contribution < 1.29 is 19.6 Å². The van der Waals surface area contributed by atoms with Crippen LogP contribution in [0, 0.1) is 13.7 Å². The first-order valence-electron chi connectivity index (χ1n) is 6.74. The van der Waals surface area contributed by atoms with Gasteiger partial charge in [-0.25, -0.2) is 5.43 Å². The molecule has 0 aliphatic rings. The highest BCUT2D eigenvalue weighted by molar-refractivity contribution is 14.1. The highest BCUT2D eigenvalue weighted by Crippen LogP contribution is 2.29. The lowest BCUT2D eigenvalue weighted by molar-refractivity contribution is -0.385. The van der Waals surface area contributed by atoms with E-state index in [1.165, 1.54) is 24.4 Å². The van der Waals surface area contributed by atoms with Crippen LogP contribution in [0.2, 0.25) is 0 Å². The monoisotopic (exact) mass is 519 g/mol. The summed E-state index contributed by atoms with van der Waals surface area (Å²) in [6, 6.07) is 9.17. The van der Waals surface area contributed by atoms with Gasteiger partial charge in [0.05, 0.1) is 11.1 Å². The minimum Gasteiger partial charge on any atom is -0.507 e. The van der Waals surface area contributed by atoms with Gasteiger partial charge in [-0.2, -0.15) is 5.10 Å². The standard InChI is InChI=1S/C15H11BrIN3O5/c16-10-1-4-14(12(6-10)20(23)24)25-8-15(22)19-18-7-9-5-11(17)2-3-13(9)21/h1-7,21H,8H2,(H,19,22). The van der Waals surface area contributed by atoms with Crippen LogP contribution in [0.5, 0.6) is 11.5 Å². The molecule has 0 heterocycles. The van der Waals surface area contributed by atoms with Gasteiger partial charge in [-0.15, -0.1) is 0 Å². The van der Waals surface area contributed by atoms with Crippen LogP contribution < -0.4 is 10.2 Å². The summed E-state index contributed by atoms with van der Waals surface area (Å²) in [5.74, 6) is -0.596. The number of rotatable bonds is 6. The maximum Gasteiger partial charge on any atom is 0.312 e. The fourth-order valence-electron chi connectivity index (χ4n) is 1.73. The van der Waals surface area contributed by atoms with Gasteiger partial charge in [0.2, 0.25) is 0 Å². The molecule has 2 N–H and O–H groups in total. The number of nitro groups is 1. The van der Waals surface area contributed by atoms with Crippen LogP contribution in [0.1, 0.15) is 5.56 Å². The molecule has 0 atom stereocenters. The average Bonchev–Trinajstić information content (AvgIpc) is 2.56. The summed E-state index contributed by atoms with van der Waals surface area (Å²) in [5.41, 5.74) is 2.41. The van der Waals surface area contributed by atoms with Crippen LogP contribution in [0.4, 0.5) is 5.69 Å².